The van der Waals surface area contributed by atoms with E-state index in [0.29, 0.717) is 36.3 Å². The minimum Gasteiger partial charge on any atom is -0.486 e. The first-order chi connectivity index (χ1) is 12.0. The number of rotatable bonds is 5. The number of nitrogens with zero attached hydrogens (tertiary/aromatic N) is 2. The molecule has 0 saturated heterocycles. The van der Waals surface area contributed by atoms with Gasteiger partial charge in [0.2, 0.25) is 0 Å². The Kier molecular flexibility index (Phi) is 5.02. The summed E-state index contributed by atoms with van der Waals surface area (Å²) < 4.78 is 11.1. The maximum atomic E-state index is 12.3. The molecule has 1 aromatic carbocycles. The third-order valence-electron chi connectivity index (χ3n) is 3.88. The molecule has 2 aromatic rings. The molecule has 0 bridgehead atoms. The van der Waals surface area contributed by atoms with Gasteiger partial charge in [-0.2, -0.15) is 0 Å². The van der Waals surface area contributed by atoms with Gasteiger partial charge >= 0.3 is 0 Å². The molecule has 0 saturated carbocycles. The van der Waals surface area contributed by atoms with Gasteiger partial charge in [-0.25, -0.2) is 9.97 Å². The Morgan fingerprint density at radius 1 is 1.20 bits per heavy atom. The molecular weight excluding hydrogens is 320 g/mol. The minimum atomic E-state index is -0.204. The molecule has 2 N–H and O–H groups in total. The predicted octanol–water partition coefficient (Wildman–Crippen LogP) is 2.83. The van der Waals surface area contributed by atoms with Crippen LogP contribution in [0.2, 0.25) is 0 Å². The van der Waals surface area contributed by atoms with Gasteiger partial charge in [0.05, 0.1) is 0 Å². The van der Waals surface area contributed by atoms with E-state index in [1.807, 2.05) is 32.0 Å². The van der Waals surface area contributed by atoms with E-state index in [0.717, 1.165) is 17.9 Å². The average Bonchev–Trinajstić information content (AvgIpc) is 2.61. The van der Waals surface area contributed by atoms with Crippen molar-refractivity contribution in [1.29, 1.82) is 0 Å². The standard InChI is InChI=1S/C18H22N4O3/c1-4-11(2)19-18(23)14-10-17(21-12(3)20-14)22-13-5-6-15-16(9-13)25-8-7-24-15/h5-6,9-11H,4,7-8H2,1-3H3,(H,19,23)(H,20,21,22). The fourth-order valence-electron chi connectivity index (χ4n) is 2.42. The molecule has 0 aliphatic carbocycles. The molecular formula is C18H22N4O3. The molecule has 7 heteroatoms. The number of aryl methyl sites for hydroxylation is 1. The first-order valence-electron chi connectivity index (χ1n) is 8.38. The third kappa shape index (κ3) is 4.17. The average molecular weight is 342 g/mol. The monoisotopic (exact) mass is 342 g/mol. The smallest absolute Gasteiger partial charge is 0.270 e. The van der Waals surface area contributed by atoms with Crippen LogP contribution >= 0.6 is 0 Å². The summed E-state index contributed by atoms with van der Waals surface area (Å²) in [6.45, 7) is 6.82. The van der Waals surface area contributed by atoms with Crippen LogP contribution in [0.25, 0.3) is 0 Å². The molecule has 1 aliphatic heterocycles. The van der Waals surface area contributed by atoms with Crippen LogP contribution in [0, 0.1) is 6.92 Å². The zero-order chi connectivity index (χ0) is 17.8. The fourth-order valence-corrected chi connectivity index (χ4v) is 2.42. The van der Waals surface area contributed by atoms with Crippen molar-refractivity contribution in [3.8, 4) is 11.5 Å². The zero-order valence-electron chi connectivity index (χ0n) is 14.6. The van der Waals surface area contributed by atoms with Crippen LogP contribution in [0.5, 0.6) is 11.5 Å². The van der Waals surface area contributed by atoms with Gasteiger partial charge in [0.15, 0.2) is 11.5 Å². The number of ether oxygens (including phenoxy) is 2. The second-order valence-corrected chi connectivity index (χ2v) is 5.95. The highest BCUT2D eigenvalue weighted by Gasteiger charge is 2.14. The summed E-state index contributed by atoms with van der Waals surface area (Å²) in [4.78, 5) is 20.9. The molecule has 7 nitrogen and oxygen atoms in total. The van der Waals surface area contributed by atoms with Crippen molar-refractivity contribution < 1.29 is 14.3 Å². The number of fused-ring (bicyclic) bond motifs is 1. The van der Waals surface area contributed by atoms with E-state index < -0.39 is 0 Å². The number of hydrogen-bond acceptors (Lipinski definition) is 6. The fraction of sp³-hybridized carbons (Fsp3) is 0.389. The molecule has 1 atom stereocenters. The van der Waals surface area contributed by atoms with E-state index in [-0.39, 0.29) is 11.9 Å². The number of anilines is 2. The lowest BCUT2D eigenvalue weighted by Gasteiger charge is -2.19. The summed E-state index contributed by atoms with van der Waals surface area (Å²) in [6.07, 6.45) is 0.859. The van der Waals surface area contributed by atoms with E-state index >= 15 is 0 Å². The van der Waals surface area contributed by atoms with E-state index in [2.05, 4.69) is 20.6 Å². The molecule has 0 spiro atoms. The van der Waals surface area contributed by atoms with Gasteiger partial charge in [-0.15, -0.1) is 0 Å². The van der Waals surface area contributed by atoms with Crippen LogP contribution < -0.4 is 20.1 Å². The predicted molar refractivity (Wildman–Crippen MR) is 94.7 cm³/mol. The Balaban J connectivity index is 1.79. The van der Waals surface area contributed by atoms with Gasteiger partial charge in [0.1, 0.15) is 30.5 Å². The second-order valence-electron chi connectivity index (χ2n) is 5.95. The van der Waals surface area contributed by atoms with Crippen molar-refractivity contribution in [3.63, 3.8) is 0 Å². The molecule has 2 heterocycles. The number of benzene rings is 1. The molecule has 1 aromatic heterocycles. The molecule has 0 radical (unpaired) electrons. The lowest BCUT2D eigenvalue weighted by Crippen LogP contribution is -2.32. The van der Waals surface area contributed by atoms with Crippen LogP contribution in [0.1, 0.15) is 36.6 Å². The minimum absolute atomic E-state index is 0.0944. The Labute approximate surface area is 146 Å². The van der Waals surface area contributed by atoms with Crippen molar-refractivity contribution in [1.82, 2.24) is 15.3 Å². The Bertz CT molecular complexity index is 779. The summed E-state index contributed by atoms with van der Waals surface area (Å²) in [6, 6.07) is 7.31. The summed E-state index contributed by atoms with van der Waals surface area (Å²) in [5, 5.41) is 6.10. The second kappa shape index (κ2) is 7.38. The molecule has 25 heavy (non-hydrogen) atoms. The van der Waals surface area contributed by atoms with Gasteiger partial charge in [-0.05, 0) is 32.4 Å². The largest absolute Gasteiger partial charge is 0.486 e. The van der Waals surface area contributed by atoms with Crippen molar-refractivity contribution in [2.45, 2.75) is 33.2 Å². The molecule has 0 fully saturated rings. The van der Waals surface area contributed by atoms with Crippen LogP contribution in [0.3, 0.4) is 0 Å². The first-order valence-corrected chi connectivity index (χ1v) is 8.38. The third-order valence-corrected chi connectivity index (χ3v) is 3.88. The van der Waals surface area contributed by atoms with Crippen molar-refractivity contribution in [2.75, 3.05) is 18.5 Å². The van der Waals surface area contributed by atoms with Crippen molar-refractivity contribution in [3.05, 3.63) is 35.8 Å². The van der Waals surface area contributed by atoms with Crippen LogP contribution in [-0.4, -0.2) is 35.1 Å². The molecule has 1 unspecified atom stereocenters. The topological polar surface area (TPSA) is 85.4 Å². The van der Waals surface area contributed by atoms with Gasteiger partial charge in [0, 0.05) is 23.9 Å². The number of nitrogens with one attached hydrogen (secondary N) is 2. The van der Waals surface area contributed by atoms with Gasteiger partial charge in [-0.3, -0.25) is 4.79 Å². The number of hydrogen-bond donors (Lipinski definition) is 2. The van der Waals surface area contributed by atoms with E-state index in [1.54, 1.807) is 13.0 Å². The normalized spacial score (nSPS) is 13.9. The number of carbonyl (C=O) groups excluding carboxylic acids is 1. The SMILES string of the molecule is CCC(C)NC(=O)c1cc(Nc2ccc3c(c2)OCCO3)nc(C)n1. The van der Waals surface area contributed by atoms with Crippen LogP contribution in [0.15, 0.2) is 24.3 Å². The van der Waals surface area contributed by atoms with E-state index in [4.69, 9.17) is 9.47 Å². The summed E-state index contributed by atoms with van der Waals surface area (Å²) in [7, 11) is 0. The lowest BCUT2D eigenvalue weighted by atomic mass is 10.2. The summed E-state index contributed by atoms with van der Waals surface area (Å²) in [5.74, 6) is 2.29. The Morgan fingerprint density at radius 3 is 2.72 bits per heavy atom. The van der Waals surface area contributed by atoms with Gasteiger partial charge in [0.25, 0.3) is 5.91 Å². The molecule has 132 valence electrons. The first kappa shape index (κ1) is 17.0. The van der Waals surface area contributed by atoms with Crippen LogP contribution in [0.4, 0.5) is 11.5 Å². The van der Waals surface area contributed by atoms with Gasteiger partial charge < -0.3 is 20.1 Å². The number of amides is 1. The number of carbonyl (C=O) groups is 1. The maximum Gasteiger partial charge on any atom is 0.270 e. The molecule has 1 aliphatic rings. The molecule has 3 rings (SSSR count). The quantitative estimate of drug-likeness (QED) is 0.869. The van der Waals surface area contributed by atoms with Crippen molar-refractivity contribution in [2.24, 2.45) is 0 Å². The van der Waals surface area contributed by atoms with Crippen LogP contribution in [-0.2, 0) is 0 Å². The summed E-state index contributed by atoms with van der Waals surface area (Å²) >= 11 is 0. The summed E-state index contributed by atoms with van der Waals surface area (Å²) in [5.41, 5.74) is 1.14. The highest BCUT2D eigenvalue weighted by Crippen LogP contribution is 2.33. The highest BCUT2D eigenvalue weighted by molar-refractivity contribution is 5.93. The highest BCUT2D eigenvalue weighted by atomic mass is 16.6. The maximum absolute atomic E-state index is 12.3. The Hall–Kier alpha value is -2.83. The van der Waals surface area contributed by atoms with E-state index in [9.17, 15) is 4.79 Å². The van der Waals surface area contributed by atoms with Gasteiger partial charge in [-0.1, -0.05) is 6.92 Å². The molecule has 1 amide bonds. The zero-order valence-corrected chi connectivity index (χ0v) is 14.6. The van der Waals surface area contributed by atoms with Crippen molar-refractivity contribution >= 4 is 17.4 Å². The lowest BCUT2D eigenvalue weighted by molar-refractivity contribution is 0.0934. The van der Waals surface area contributed by atoms with E-state index in [1.165, 1.54) is 0 Å². The number of aromatic nitrogens is 2. The Morgan fingerprint density at radius 2 is 1.96 bits per heavy atom.